The van der Waals surface area contributed by atoms with E-state index < -0.39 is 0 Å². The highest BCUT2D eigenvalue weighted by Gasteiger charge is 2.19. The lowest BCUT2D eigenvalue weighted by Crippen LogP contribution is -2.44. The highest BCUT2D eigenvalue weighted by molar-refractivity contribution is 7.99. The second-order valence-electron chi connectivity index (χ2n) is 7.58. The maximum Gasteiger partial charge on any atom is 0.146 e. The first-order valence-corrected chi connectivity index (χ1v) is 10.6. The first-order valence-electron chi connectivity index (χ1n) is 9.76. The van der Waals surface area contributed by atoms with Crippen LogP contribution in [-0.2, 0) is 0 Å². The molecule has 6 nitrogen and oxygen atoms in total. The lowest BCUT2D eigenvalue weighted by molar-refractivity contribution is 0.313. The van der Waals surface area contributed by atoms with E-state index >= 15 is 0 Å². The van der Waals surface area contributed by atoms with Crippen molar-refractivity contribution < 1.29 is 5.11 Å². The van der Waals surface area contributed by atoms with Crippen LogP contribution in [0.5, 0.6) is 5.75 Å². The summed E-state index contributed by atoms with van der Waals surface area (Å²) in [4.78, 5) is 15.3. The number of anilines is 2. The minimum absolute atomic E-state index is 0.247. The molecule has 3 aromatic rings. The van der Waals surface area contributed by atoms with Crippen molar-refractivity contribution >= 4 is 23.1 Å². The van der Waals surface area contributed by atoms with Crippen molar-refractivity contribution in [1.82, 2.24) is 14.9 Å². The third-order valence-electron chi connectivity index (χ3n) is 5.30. The van der Waals surface area contributed by atoms with Crippen molar-refractivity contribution in [3.8, 4) is 16.9 Å². The number of nitrogens with one attached hydrogen (secondary N) is 1. The minimum Gasteiger partial charge on any atom is -0.505 e. The van der Waals surface area contributed by atoms with E-state index in [1.807, 2.05) is 6.20 Å². The minimum atomic E-state index is 0.247. The van der Waals surface area contributed by atoms with Crippen LogP contribution in [0, 0.1) is 0 Å². The predicted molar refractivity (Wildman–Crippen MR) is 120 cm³/mol. The third kappa shape index (κ3) is 4.36. The van der Waals surface area contributed by atoms with E-state index in [0.717, 1.165) is 36.1 Å². The maximum atomic E-state index is 9.97. The average Bonchev–Trinajstić information content (AvgIpc) is 3.13. The fourth-order valence-electron chi connectivity index (χ4n) is 3.49. The van der Waals surface area contributed by atoms with Gasteiger partial charge in [-0.15, -0.1) is 0 Å². The maximum absolute atomic E-state index is 9.97. The zero-order valence-electron chi connectivity index (χ0n) is 17.1. The monoisotopic (exact) mass is 409 g/mol. The van der Waals surface area contributed by atoms with Crippen LogP contribution in [-0.4, -0.2) is 67.3 Å². The smallest absolute Gasteiger partial charge is 0.146 e. The molecule has 1 aromatic carbocycles. The Labute approximate surface area is 176 Å². The van der Waals surface area contributed by atoms with Gasteiger partial charge in [0.1, 0.15) is 10.8 Å². The lowest BCUT2D eigenvalue weighted by Gasteiger charge is -2.35. The number of nitrogens with zero attached hydrogens (tertiary/aromatic N) is 4. The molecule has 0 spiro atoms. The van der Waals surface area contributed by atoms with Gasteiger partial charge in [0.05, 0.1) is 16.8 Å². The summed E-state index contributed by atoms with van der Waals surface area (Å²) < 4.78 is 0. The van der Waals surface area contributed by atoms with Crippen molar-refractivity contribution in [2.45, 2.75) is 9.92 Å². The summed E-state index contributed by atoms with van der Waals surface area (Å²) in [5, 5.41) is 10.8. The third-order valence-corrected chi connectivity index (χ3v) is 6.28. The summed E-state index contributed by atoms with van der Waals surface area (Å²) in [6.45, 7) is 4.08. The molecule has 152 valence electrons. The normalized spacial score (nSPS) is 14.9. The van der Waals surface area contributed by atoms with Crippen molar-refractivity contribution in [2.24, 2.45) is 0 Å². The van der Waals surface area contributed by atoms with Gasteiger partial charge in [0.15, 0.2) is 0 Å². The number of aromatic amines is 1. The van der Waals surface area contributed by atoms with Crippen LogP contribution in [0.25, 0.3) is 11.1 Å². The van der Waals surface area contributed by atoms with Gasteiger partial charge in [-0.25, -0.2) is 4.98 Å². The van der Waals surface area contributed by atoms with E-state index in [1.54, 1.807) is 12.4 Å². The van der Waals surface area contributed by atoms with Crippen LogP contribution in [0.3, 0.4) is 0 Å². The van der Waals surface area contributed by atoms with Crippen LogP contribution in [0.15, 0.2) is 58.8 Å². The molecule has 29 heavy (non-hydrogen) atoms. The van der Waals surface area contributed by atoms with E-state index in [1.165, 1.54) is 34.3 Å². The molecule has 0 saturated carbocycles. The Morgan fingerprint density at radius 3 is 2.41 bits per heavy atom. The van der Waals surface area contributed by atoms with Crippen molar-refractivity contribution in [3.63, 3.8) is 0 Å². The van der Waals surface area contributed by atoms with Gasteiger partial charge in [-0.2, -0.15) is 0 Å². The SMILES string of the molecule is CN1CCN(c2cnc(Sc3c[nH]cc3O)cc2-c2ccc(N(C)C)cc2)CC1. The first kappa shape index (κ1) is 19.7. The summed E-state index contributed by atoms with van der Waals surface area (Å²) >= 11 is 1.47. The van der Waals surface area contributed by atoms with Gasteiger partial charge < -0.3 is 24.8 Å². The number of aromatic hydroxyl groups is 1. The van der Waals surface area contributed by atoms with Crippen molar-refractivity contribution in [1.29, 1.82) is 0 Å². The van der Waals surface area contributed by atoms with Gasteiger partial charge in [-0.3, -0.25) is 0 Å². The molecular formula is C22H27N5OS. The van der Waals surface area contributed by atoms with Crippen LogP contribution in [0.2, 0.25) is 0 Å². The Morgan fingerprint density at radius 2 is 1.79 bits per heavy atom. The quantitative estimate of drug-likeness (QED) is 0.669. The molecule has 1 aliphatic heterocycles. The molecule has 0 amide bonds. The number of likely N-dealkylation sites (N-methyl/N-ethyl adjacent to an activating group) is 1. The molecule has 0 bridgehead atoms. The van der Waals surface area contributed by atoms with Crippen LogP contribution < -0.4 is 9.80 Å². The Balaban J connectivity index is 1.71. The largest absolute Gasteiger partial charge is 0.505 e. The molecular weight excluding hydrogens is 382 g/mol. The molecule has 4 rings (SSSR count). The fourth-order valence-corrected chi connectivity index (χ4v) is 4.29. The standard InChI is InChI=1S/C22H27N5OS/c1-25(2)17-6-4-16(5-7-17)18-12-22(29-21-15-23-14-20(21)28)24-13-19(18)27-10-8-26(3)9-11-27/h4-7,12-15,23,28H,8-11H2,1-3H3. The molecule has 3 heterocycles. The molecule has 1 saturated heterocycles. The molecule has 2 N–H and O–H groups in total. The number of benzene rings is 1. The van der Waals surface area contributed by atoms with Gasteiger partial charge in [0, 0.05) is 63.9 Å². The molecule has 0 radical (unpaired) electrons. The Bertz CT molecular complexity index is 962. The van der Waals surface area contributed by atoms with E-state index in [9.17, 15) is 5.11 Å². The second kappa shape index (κ2) is 8.39. The fraction of sp³-hybridized carbons (Fsp3) is 0.318. The van der Waals surface area contributed by atoms with Gasteiger partial charge in [-0.1, -0.05) is 23.9 Å². The molecule has 0 unspecified atom stereocenters. The topological polar surface area (TPSA) is 58.6 Å². The van der Waals surface area contributed by atoms with Crippen molar-refractivity contribution in [2.75, 3.05) is 57.1 Å². The summed E-state index contributed by atoms with van der Waals surface area (Å²) in [5.41, 5.74) is 4.69. The van der Waals surface area contributed by atoms with E-state index in [4.69, 9.17) is 4.98 Å². The van der Waals surface area contributed by atoms with E-state index in [-0.39, 0.29) is 5.75 Å². The van der Waals surface area contributed by atoms with Gasteiger partial charge in [-0.05, 0) is 30.8 Å². The highest BCUT2D eigenvalue weighted by atomic mass is 32.2. The molecule has 7 heteroatoms. The van der Waals surface area contributed by atoms with Crippen LogP contribution in [0.1, 0.15) is 0 Å². The molecule has 0 aliphatic carbocycles. The number of hydrogen-bond donors (Lipinski definition) is 2. The van der Waals surface area contributed by atoms with Crippen LogP contribution >= 0.6 is 11.8 Å². The highest BCUT2D eigenvalue weighted by Crippen LogP contribution is 2.38. The average molecular weight is 410 g/mol. The molecule has 0 atom stereocenters. The Morgan fingerprint density at radius 1 is 1.07 bits per heavy atom. The number of hydrogen-bond acceptors (Lipinski definition) is 6. The summed E-state index contributed by atoms with van der Waals surface area (Å²) in [6.07, 6.45) is 5.36. The molecule has 1 fully saturated rings. The summed E-state index contributed by atoms with van der Waals surface area (Å²) in [6, 6.07) is 10.8. The van der Waals surface area contributed by atoms with Gasteiger partial charge in [0.2, 0.25) is 0 Å². The van der Waals surface area contributed by atoms with Crippen molar-refractivity contribution in [3.05, 3.63) is 48.9 Å². The number of H-pyrrole nitrogens is 1. The van der Waals surface area contributed by atoms with E-state index in [0.29, 0.717) is 0 Å². The van der Waals surface area contributed by atoms with Gasteiger partial charge >= 0.3 is 0 Å². The molecule has 1 aliphatic rings. The number of pyridine rings is 1. The Hall–Kier alpha value is -2.64. The molecule has 2 aromatic heterocycles. The van der Waals surface area contributed by atoms with E-state index in [2.05, 4.69) is 71.2 Å². The zero-order valence-corrected chi connectivity index (χ0v) is 17.9. The number of rotatable bonds is 5. The summed E-state index contributed by atoms with van der Waals surface area (Å²) in [5.74, 6) is 0.247. The first-order chi connectivity index (χ1) is 14.0. The van der Waals surface area contributed by atoms with Gasteiger partial charge in [0.25, 0.3) is 0 Å². The zero-order chi connectivity index (χ0) is 20.4. The second-order valence-corrected chi connectivity index (χ2v) is 8.64. The lowest BCUT2D eigenvalue weighted by atomic mass is 10.0. The number of piperazine rings is 1. The van der Waals surface area contributed by atoms with Crippen LogP contribution in [0.4, 0.5) is 11.4 Å². The summed E-state index contributed by atoms with van der Waals surface area (Å²) in [7, 11) is 6.27. The number of aromatic nitrogens is 2. The Kier molecular flexibility index (Phi) is 5.69. The predicted octanol–water partition coefficient (Wildman–Crippen LogP) is 3.75.